The fourth-order valence-electron chi connectivity index (χ4n) is 3.07. The quantitative estimate of drug-likeness (QED) is 0.411. The van der Waals surface area contributed by atoms with Crippen molar-refractivity contribution in [1.29, 1.82) is 0 Å². The van der Waals surface area contributed by atoms with Gasteiger partial charge in [0.1, 0.15) is 24.5 Å². The average molecular weight is 390 g/mol. The molecule has 29 heavy (non-hydrogen) atoms. The smallest absolute Gasteiger partial charge is 0.235 e. The Hall–Kier alpha value is -3.47. The minimum Gasteiger partial charge on any atom is -0.490 e. The number of rotatable bonds is 6. The van der Waals surface area contributed by atoms with Gasteiger partial charge < -0.3 is 18.3 Å². The Bertz CT molecular complexity index is 1180. The maximum absolute atomic E-state index is 13.1. The largest absolute Gasteiger partial charge is 0.490 e. The number of hydrogen-bond acceptors (Lipinski definition) is 5. The SMILES string of the molecule is Cc1ccc(OCCOc2c(-c3ccco3)oc3cc(C)c(C)cc3c2=O)cc1. The van der Waals surface area contributed by atoms with Gasteiger partial charge in [-0.05, 0) is 68.3 Å². The van der Waals surface area contributed by atoms with Gasteiger partial charge in [0.25, 0.3) is 0 Å². The number of aryl methyl sites for hydroxylation is 3. The minimum absolute atomic E-state index is 0.128. The zero-order valence-electron chi connectivity index (χ0n) is 16.7. The molecule has 0 aliphatic carbocycles. The number of ether oxygens (including phenoxy) is 2. The van der Waals surface area contributed by atoms with Crippen molar-refractivity contribution in [3.63, 3.8) is 0 Å². The van der Waals surface area contributed by atoms with Crippen LogP contribution in [0.1, 0.15) is 16.7 Å². The molecule has 0 N–H and O–H groups in total. The summed E-state index contributed by atoms with van der Waals surface area (Å²) in [6.45, 7) is 6.46. The zero-order chi connectivity index (χ0) is 20.4. The Morgan fingerprint density at radius 1 is 0.897 bits per heavy atom. The molecule has 4 aromatic rings. The van der Waals surface area contributed by atoms with Gasteiger partial charge in [-0.3, -0.25) is 4.79 Å². The highest BCUT2D eigenvalue weighted by Gasteiger charge is 2.20. The molecule has 0 spiro atoms. The standard InChI is InChI=1S/C24H22O5/c1-15-6-8-18(9-7-15)26-11-12-28-24-22(25)19-13-16(2)17(3)14-21(19)29-23(24)20-5-4-10-27-20/h4-10,13-14H,11-12H2,1-3H3. The third-order valence-electron chi connectivity index (χ3n) is 4.83. The van der Waals surface area contributed by atoms with Gasteiger partial charge in [-0.2, -0.15) is 0 Å². The van der Waals surface area contributed by atoms with Gasteiger partial charge in [0.2, 0.25) is 16.9 Å². The van der Waals surface area contributed by atoms with E-state index in [1.54, 1.807) is 12.1 Å². The number of benzene rings is 2. The van der Waals surface area contributed by atoms with E-state index in [-0.39, 0.29) is 23.5 Å². The van der Waals surface area contributed by atoms with Gasteiger partial charge in [-0.1, -0.05) is 17.7 Å². The summed E-state index contributed by atoms with van der Waals surface area (Å²) >= 11 is 0. The average Bonchev–Trinajstić information content (AvgIpc) is 3.24. The third kappa shape index (κ3) is 3.90. The first-order valence-corrected chi connectivity index (χ1v) is 9.47. The summed E-state index contributed by atoms with van der Waals surface area (Å²) in [5.74, 6) is 1.60. The van der Waals surface area contributed by atoms with E-state index >= 15 is 0 Å². The van der Waals surface area contributed by atoms with E-state index in [0.29, 0.717) is 23.3 Å². The van der Waals surface area contributed by atoms with Crippen LogP contribution >= 0.6 is 0 Å². The van der Waals surface area contributed by atoms with Crippen LogP contribution in [0.2, 0.25) is 0 Å². The third-order valence-corrected chi connectivity index (χ3v) is 4.83. The second-order valence-electron chi connectivity index (χ2n) is 7.01. The van der Waals surface area contributed by atoms with Gasteiger partial charge in [0.15, 0.2) is 5.76 Å². The van der Waals surface area contributed by atoms with E-state index in [1.165, 1.54) is 6.26 Å². The molecular formula is C24H22O5. The molecule has 0 aliphatic heterocycles. The van der Waals surface area contributed by atoms with Crippen LogP contribution < -0.4 is 14.9 Å². The summed E-state index contributed by atoms with van der Waals surface area (Å²) in [5, 5.41) is 0.484. The summed E-state index contributed by atoms with van der Waals surface area (Å²) in [7, 11) is 0. The predicted molar refractivity (Wildman–Crippen MR) is 112 cm³/mol. The Balaban J connectivity index is 1.63. The van der Waals surface area contributed by atoms with E-state index in [4.69, 9.17) is 18.3 Å². The Morgan fingerprint density at radius 2 is 1.62 bits per heavy atom. The van der Waals surface area contributed by atoms with E-state index in [2.05, 4.69) is 0 Å². The van der Waals surface area contributed by atoms with Crippen LogP contribution in [-0.2, 0) is 0 Å². The Labute approximate surface area is 168 Å². The van der Waals surface area contributed by atoms with Gasteiger partial charge in [-0.25, -0.2) is 0 Å². The Kier molecular flexibility index (Phi) is 5.12. The van der Waals surface area contributed by atoms with Crippen LogP contribution in [0.3, 0.4) is 0 Å². The molecule has 0 saturated heterocycles. The van der Waals surface area contributed by atoms with Gasteiger partial charge >= 0.3 is 0 Å². The first kappa shape index (κ1) is 18.9. The van der Waals surface area contributed by atoms with Gasteiger partial charge in [0, 0.05) is 0 Å². The van der Waals surface area contributed by atoms with E-state index < -0.39 is 0 Å². The molecule has 0 unspecified atom stereocenters. The summed E-state index contributed by atoms with van der Waals surface area (Å²) in [6.07, 6.45) is 1.53. The molecule has 5 heteroatoms. The fraction of sp³-hybridized carbons (Fsp3) is 0.208. The summed E-state index contributed by atoms with van der Waals surface area (Å²) in [5.41, 5.74) is 3.51. The highest BCUT2D eigenvalue weighted by molar-refractivity contribution is 5.82. The molecule has 5 nitrogen and oxygen atoms in total. The summed E-state index contributed by atoms with van der Waals surface area (Å²) in [4.78, 5) is 13.1. The molecule has 0 atom stereocenters. The van der Waals surface area contributed by atoms with Crippen LogP contribution in [0.25, 0.3) is 22.5 Å². The molecular weight excluding hydrogens is 368 g/mol. The lowest BCUT2D eigenvalue weighted by atomic mass is 10.1. The lowest BCUT2D eigenvalue weighted by molar-refractivity contribution is 0.214. The summed E-state index contributed by atoms with van der Waals surface area (Å²) < 4.78 is 23.0. The normalized spacial score (nSPS) is 11.0. The number of fused-ring (bicyclic) bond motifs is 1. The van der Waals surface area contributed by atoms with Gasteiger partial charge in [-0.15, -0.1) is 0 Å². The van der Waals surface area contributed by atoms with Gasteiger partial charge in [0.05, 0.1) is 11.6 Å². The first-order chi connectivity index (χ1) is 14.0. The second-order valence-corrected chi connectivity index (χ2v) is 7.01. The fourth-order valence-corrected chi connectivity index (χ4v) is 3.07. The van der Waals surface area contributed by atoms with Crippen molar-refractivity contribution in [2.75, 3.05) is 13.2 Å². The van der Waals surface area contributed by atoms with Crippen LogP contribution in [0.5, 0.6) is 11.5 Å². The minimum atomic E-state index is -0.226. The van der Waals surface area contributed by atoms with Crippen LogP contribution in [0.4, 0.5) is 0 Å². The summed E-state index contributed by atoms with van der Waals surface area (Å²) in [6, 6.07) is 14.9. The predicted octanol–water partition coefficient (Wildman–Crippen LogP) is 5.44. The van der Waals surface area contributed by atoms with E-state index in [1.807, 2.05) is 57.2 Å². The van der Waals surface area contributed by atoms with Crippen molar-refractivity contribution in [3.05, 3.63) is 81.7 Å². The maximum Gasteiger partial charge on any atom is 0.235 e. The highest BCUT2D eigenvalue weighted by atomic mass is 16.5. The molecule has 0 amide bonds. The second kappa shape index (κ2) is 7.87. The molecule has 0 fully saturated rings. The van der Waals surface area contributed by atoms with Crippen molar-refractivity contribution >= 4 is 11.0 Å². The monoisotopic (exact) mass is 390 g/mol. The highest BCUT2D eigenvalue weighted by Crippen LogP contribution is 2.32. The Morgan fingerprint density at radius 3 is 2.34 bits per heavy atom. The van der Waals surface area contributed by atoms with Crippen LogP contribution in [-0.4, -0.2) is 13.2 Å². The molecule has 2 heterocycles. The maximum atomic E-state index is 13.1. The first-order valence-electron chi connectivity index (χ1n) is 9.47. The van der Waals surface area contributed by atoms with Crippen molar-refractivity contribution < 1.29 is 18.3 Å². The molecule has 2 aromatic carbocycles. The van der Waals surface area contributed by atoms with E-state index in [9.17, 15) is 4.79 Å². The molecule has 148 valence electrons. The van der Waals surface area contributed by atoms with Crippen LogP contribution in [0, 0.1) is 20.8 Å². The van der Waals surface area contributed by atoms with Crippen molar-refractivity contribution in [1.82, 2.24) is 0 Å². The van der Waals surface area contributed by atoms with E-state index in [0.717, 1.165) is 22.4 Å². The number of hydrogen-bond donors (Lipinski definition) is 0. The molecule has 0 aliphatic rings. The topological polar surface area (TPSA) is 61.8 Å². The number of furan rings is 1. The molecule has 4 rings (SSSR count). The van der Waals surface area contributed by atoms with Crippen LogP contribution in [0.15, 0.2) is 68.4 Å². The van der Waals surface area contributed by atoms with Crippen molar-refractivity contribution in [2.24, 2.45) is 0 Å². The molecule has 0 saturated carbocycles. The molecule has 2 aromatic heterocycles. The van der Waals surface area contributed by atoms with Crippen molar-refractivity contribution in [3.8, 4) is 23.0 Å². The lowest BCUT2D eigenvalue weighted by Gasteiger charge is -2.12. The lowest BCUT2D eigenvalue weighted by Crippen LogP contribution is -2.15. The van der Waals surface area contributed by atoms with Crippen molar-refractivity contribution in [2.45, 2.75) is 20.8 Å². The molecule has 0 radical (unpaired) electrons. The molecule has 0 bridgehead atoms. The zero-order valence-corrected chi connectivity index (χ0v) is 16.7.